The largest absolute Gasteiger partial charge is 0.508 e. The van der Waals surface area contributed by atoms with E-state index in [2.05, 4.69) is 10.3 Å². The van der Waals surface area contributed by atoms with Gasteiger partial charge in [0.1, 0.15) is 32.7 Å². The van der Waals surface area contributed by atoms with Crippen LogP contribution in [0, 0.1) is 0 Å². The molecule has 194 valence electrons. The number of aliphatic hydroxyl groups is 3. The van der Waals surface area contributed by atoms with E-state index in [-0.39, 0.29) is 22.6 Å². The number of benzene rings is 2. The van der Waals surface area contributed by atoms with Crippen molar-refractivity contribution in [1.82, 2.24) is 4.98 Å². The Morgan fingerprint density at radius 1 is 0.921 bits per heavy atom. The number of aromatic amines is 1. The Morgan fingerprint density at radius 3 is 2.00 bits per heavy atom. The van der Waals surface area contributed by atoms with Crippen molar-refractivity contribution in [2.24, 2.45) is 0 Å². The Labute approximate surface area is 228 Å². The highest BCUT2D eigenvalue weighted by atomic mass is 16.5. The number of phenolic OH excluding ortho intramolecular Hbond substituents is 1. The molecule has 0 fully saturated rings. The molecule has 0 spiro atoms. The first-order chi connectivity index (χ1) is 17.1. The van der Waals surface area contributed by atoms with Crippen LogP contribution in [0.5, 0.6) is 5.75 Å². The quantitative estimate of drug-likeness (QED) is 0.148. The van der Waals surface area contributed by atoms with Crippen molar-refractivity contribution in [2.75, 3.05) is 5.32 Å². The molecule has 14 heteroatoms. The van der Waals surface area contributed by atoms with Crippen molar-refractivity contribution in [3.8, 4) is 5.75 Å². The lowest BCUT2D eigenvalue weighted by Crippen LogP contribution is -2.72. The molecule has 3 rings (SSSR count). The second-order valence-corrected chi connectivity index (χ2v) is 12.8. The molecule has 0 aliphatic heterocycles. The van der Waals surface area contributed by atoms with Gasteiger partial charge in [-0.3, -0.25) is 9.59 Å². The molecule has 38 heavy (non-hydrogen) atoms. The predicted octanol–water partition coefficient (Wildman–Crippen LogP) is -3.82. The van der Waals surface area contributed by atoms with Gasteiger partial charge in [-0.1, -0.05) is 38.0 Å². The molecular weight excluding hydrogens is 477 g/mol. The number of hydrogen-bond acceptors (Lipinski definition) is 6. The van der Waals surface area contributed by atoms with Gasteiger partial charge >= 0.3 is 0 Å². The van der Waals surface area contributed by atoms with Crippen LogP contribution < -0.4 is 10.7 Å². The number of hydrogen-bond donors (Lipinski definition) is 6. The number of carbonyl (C=O) groups is 1. The van der Waals surface area contributed by atoms with Gasteiger partial charge in [0, 0.05) is 45.2 Å². The van der Waals surface area contributed by atoms with E-state index in [1.54, 1.807) is 53.9 Å². The number of para-hydroxylation sites is 1. The van der Waals surface area contributed by atoms with Gasteiger partial charge in [-0.15, -0.1) is 0 Å². The number of pyridine rings is 1. The summed E-state index contributed by atoms with van der Waals surface area (Å²) in [6.07, 6.45) is 1.35. The number of H-pyrrole nitrogens is 1. The van der Waals surface area contributed by atoms with Crippen molar-refractivity contribution in [3.63, 3.8) is 0 Å². The van der Waals surface area contributed by atoms with Crippen LogP contribution in [0.3, 0.4) is 0 Å². The summed E-state index contributed by atoms with van der Waals surface area (Å²) in [5.41, 5.74) is -3.79. The van der Waals surface area contributed by atoms with Gasteiger partial charge in [0.05, 0.1) is 23.5 Å². The number of aromatic hydroxyl groups is 1. The highest BCUT2D eigenvalue weighted by Crippen LogP contribution is 2.55. The fourth-order valence-electron chi connectivity index (χ4n) is 6.33. The predicted molar refractivity (Wildman–Crippen MR) is 167 cm³/mol. The summed E-state index contributed by atoms with van der Waals surface area (Å²) < 4.78 is 0. The Balaban J connectivity index is 2.27. The molecule has 0 aliphatic carbocycles. The molecule has 1 heterocycles. The van der Waals surface area contributed by atoms with Crippen LogP contribution in [0.15, 0.2) is 47.4 Å². The number of nitrogens with one attached hydrogen (secondary N) is 2. The molecule has 3 aromatic rings. The van der Waals surface area contributed by atoms with Crippen molar-refractivity contribution in [1.29, 1.82) is 0 Å². The molecule has 0 saturated carbocycles. The molecule has 0 radical (unpaired) electrons. The van der Waals surface area contributed by atoms with Crippen molar-refractivity contribution in [3.05, 3.63) is 69.5 Å². The average molecular weight is 511 g/mol. The standard InChI is InChI=1S/C24H34B6N2O6/c1-20(2,3)13-8-14(21(22(25,26)27,23(28,29)36)24(30,37)38)17(33)9-16(13)32-19(35)12-10-31-15-7-5-4-6-11(15)18(12)34/h4-10,33,36-38H,25-30H2,1-3H3,(H,31,34)(H,32,35). The zero-order valence-electron chi connectivity index (χ0n) is 23.6. The van der Waals surface area contributed by atoms with Gasteiger partial charge in [-0.25, -0.2) is 0 Å². The summed E-state index contributed by atoms with van der Waals surface area (Å²) in [6, 6.07) is 9.81. The summed E-state index contributed by atoms with van der Waals surface area (Å²) in [5.74, 6) is -1.000. The van der Waals surface area contributed by atoms with Crippen LogP contribution in [-0.2, 0) is 10.8 Å². The Kier molecular flexibility index (Phi) is 7.38. The first kappa shape index (κ1) is 29.7. The highest BCUT2D eigenvalue weighted by Gasteiger charge is 2.62. The Bertz CT molecular complexity index is 1410. The number of carbonyl (C=O) groups excluding carboxylic acids is 1. The highest BCUT2D eigenvalue weighted by molar-refractivity contribution is 6.61. The maximum Gasteiger partial charge on any atom is 0.261 e. The minimum absolute atomic E-state index is 0.0917. The molecular formula is C24H34B6N2O6. The summed E-state index contributed by atoms with van der Waals surface area (Å²) in [6.45, 7) is 5.71. The van der Waals surface area contributed by atoms with E-state index in [9.17, 15) is 30.0 Å². The van der Waals surface area contributed by atoms with E-state index in [4.69, 9.17) is 0 Å². The number of rotatable bonds is 6. The first-order valence-corrected chi connectivity index (χ1v) is 12.6. The number of fused-ring (bicyclic) bond motifs is 1. The molecule has 1 amide bonds. The summed E-state index contributed by atoms with van der Waals surface area (Å²) in [5, 5.41) is 45.5. The third-order valence-corrected chi connectivity index (χ3v) is 7.38. The van der Waals surface area contributed by atoms with Gasteiger partial charge in [0.15, 0.2) is 7.85 Å². The lowest BCUT2D eigenvalue weighted by atomic mass is 9.22. The van der Waals surface area contributed by atoms with Crippen LogP contribution in [0.25, 0.3) is 10.9 Å². The van der Waals surface area contributed by atoms with E-state index in [1.807, 2.05) is 20.8 Å². The average Bonchev–Trinajstić information content (AvgIpc) is 2.72. The molecule has 1 aromatic heterocycles. The normalized spacial score (nSPS) is 14.7. The maximum atomic E-state index is 13.3. The second kappa shape index (κ2) is 9.43. The SMILES string of the molecule is BC(B)(B)C(c1cc(C(C)(C)C)c(NC(=O)c2c[nH]c3ccccc3c2=O)cc1O)(C(B)(B)O)C(B)(O)O. The van der Waals surface area contributed by atoms with Crippen LogP contribution >= 0.6 is 0 Å². The Hall–Kier alpha value is -2.81. The van der Waals surface area contributed by atoms with Gasteiger partial charge in [-0.05, 0) is 29.2 Å². The number of amides is 1. The third-order valence-electron chi connectivity index (χ3n) is 7.38. The number of phenols is 1. The van der Waals surface area contributed by atoms with Gasteiger partial charge in [-0.2, -0.15) is 0 Å². The molecule has 2 aromatic carbocycles. The lowest BCUT2D eigenvalue weighted by Gasteiger charge is -2.59. The van der Waals surface area contributed by atoms with Gasteiger partial charge < -0.3 is 30.7 Å². The molecule has 1 atom stereocenters. The monoisotopic (exact) mass is 512 g/mol. The summed E-state index contributed by atoms with van der Waals surface area (Å²) >= 11 is 0. The first-order valence-electron chi connectivity index (χ1n) is 12.6. The topological polar surface area (TPSA) is 143 Å². The second-order valence-electron chi connectivity index (χ2n) is 12.8. The fraction of sp³-hybridized carbons (Fsp3) is 0.333. The van der Waals surface area contributed by atoms with E-state index < -0.39 is 38.4 Å². The van der Waals surface area contributed by atoms with Crippen LogP contribution in [-0.4, -0.2) is 89.5 Å². The van der Waals surface area contributed by atoms with Crippen molar-refractivity contribution < 1.29 is 25.2 Å². The summed E-state index contributed by atoms with van der Waals surface area (Å²) in [7, 11) is 9.41. The van der Waals surface area contributed by atoms with Crippen molar-refractivity contribution >= 4 is 69.6 Å². The van der Waals surface area contributed by atoms with E-state index >= 15 is 0 Å². The third kappa shape index (κ3) is 4.85. The van der Waals surface area contributed by atoms with Gasteiger partial charge in [0.2, 0.25) is 5.43 Å². The lowest BCUT2D eigenvalue weighted by molar-refractivity contribution is -0.171. The van der Waals surface area contributed by atoms with E-state index in [0.29, 0.717) is 16.5 Å². The zero-order valence-corrected chi connectivity index (χ0v) is 23.6. The molecule has 1 unspecified atom stereocenters. The maximum absolute atomic E-state index is 13.3. The molecule has 0 bridgehead atoms. The number of anilines is 1. The fourth-order valence-corrected chi connectivity index (χ4v) is 6.33. The van der Waals surface area contributed by atoms with E-state index in [1.165, 1.54) is 35.8 Å². The van der Waals surface area contributed by atoms with Crippen LogP contribution in [0.2, 0.25) is 5.11 Å². The smallest absolute Gasteiger partial charge is 0.261 e. The minimum atomic E-state index is -2.46. The van der Waals surface area contributed by atoms with Crippen LogP contribution in [0.1, 0.15) is 42.3 Å². The zero-order chi connectivity index (χ0) is 29.1. The van der Waals surface area contributed by atoms with Gasteiger partial charge in [0.25, 0.3) is 5.91 Å². The summed E-state index contributed by atoms with van der Waals surface area (Å²) in [4.78, 5) is 29.3. The molecule has 0 saturated heterocycles. The molecule has 0 aliphatic rings. The van der Waals surface area contributed by atoms with Crippen LogP contribution in [0.4, 0.5) is 5.69 Å². The molecule has 6 N–H and O–H groups in total. The molecule has 8 nitrogen and oxygen atoms in total. The minimum Gasteiger partial charge on any atom is -0.508 e. The van der Waals surface area contributed by atoms with E-state index in [0.717, 1.165) is 0 Å². The Morgan fingerprint density at radius 2 is 1.50 bits per heavy atom. The number of aromatic nitrogens is 1. The van der Waals surface area contributed by atoms with Crippen molar-refractivity contribution in [2.45, 2.75) is 47.8 Å².